The maximum Gasteiger partial charge on any atom is 0.262 e. The van der Waals surface area contributed by atoms with Crippen LogP contribution in [-0.2, 0) is 11.8 Å². The molecule has 0 atom stereocenters. The highest BCUT2D eigenvalue weighted by Gasteiger charge is 2.17. The quantitative estimate of drug-likeness (QED) is 0.479. The first-order valence-electron chi connectivity index (χ1n) is 7.90. The molecule has 3 rings (SSSR count). The van der Waals surface area contributed by atoms with Crippen LogP contribution in [0.25, 0.3) is 10.2 Å². The maximum absolute atomic E-state index is 12.6. The molecule has 0 radical (unpaired) electrons. The number of halogens is 2. The van der Waals surface area contributed by atoms with Crippen molar-refractivity contribution in [2.24, 2.45) is 7.05 Å². The Balaban J connectivity index is 1.79. The van der Waals surface area contributed by atoms with Crippen LogP contribution in [0.15, 0.2) is 16.1 Å². The fourth-order valence-electron chi connectivity index (χ4n) is 2.43. The van der Waals surface area contributed by atoms with Crippen molar-refractivity contribution in [3.63, 3.8) is 0 Å². The largest absolute Gasteiger partial charge is 0.309 e. The van der Waals surface area contributed by atoms with E-state index in [1.54, 1.807) is 14.0 Å². The van der Waals surface area contributed by atoms with Crippen LogP contribution in [0.1, 0.15) is 16.0 Å². The summed E-state index contributed by atoms with van der Waals surface area (Å²) in [5.74, 6) is 0.0180. The maximum atomic E-state index is 12.6. The minimum Gasteiger partial charge on any atom is -0.309 e. The van der Waals surface area contributed by atoms with Crippen LogP contribution in [0, 0.1) is 20.8 Å². The van der Waals surface area contributed by atoms with Gasteiger partial charge in [0.15, 0.2) is 11.0 Å². The van der Waals surface area contributed by atoms with Crippen LogP contribution in [0.4, 0.5) is 5.82 Å². The number of hydrogen-bond acceptors (Lipinski definition) is 6. The lowest BCUT2D eigenvalue weighted by Gasteiger charge is -2.10. The molecule has 0 spiro atoms. The van der Waals surface area contributed by atoms with Gasteiger partial charge >= 0.3 is 0 Å². The average molecular weight is 443 g/mol. The Morgan fingerprint density at radius 2 is 2.00 bits per heavy atom. The lowest BCUT2D eigenvalue weighted by molar-refractivity contribution is -0.113. The second-order valence-electron chi connectivity index (χ2n) is 5.95. The van der Waals surface area contributed by atoms with Crippen LogP contribution in [-0.4, -0.2) is 26.2 Å². The third kappa shape index (κ3) is 3.85. The Morgan fingerprint density at radius 3 is 2.70 bits per heavy atom. The number of thiophene rings is 1. The Bertz CT molecular complexity index is 1120. The second kappa shape index (κ2) is 7.79. The lowest BCUT2D eigenvalue weighted by atomic mass is 10.2. The number of carbonyl (C=O) groups is 1. The Morgan fingerprint density at radius 1 is 1.30 bits per heavy atom. The van der Waals surface area contributed by atoms with E-state index in [-0.39, 0.29) is 23.0 Å². The van der Waals surface area contributed by atoms with E-state index in [1.165, 1.54) is 33.9 Å². The van der Waals surface area contributed by atoms with Gasteiger partial charge in [0.2, 0.25) is 5.91 Å². The fraction of sp³-hybridized carbons (Fsp3) is 0.294. The molecule has 3 heterocycles. The van der Waals surface area contributed by atoms with Crippen molar-refractivity contribution in [2.75, 3.05) is 11.1 Å². The van der Waals surface area contributed by atoms with Crippen LogP contribution in [0.5, 0.6) is 0 Å². The number of thioether (sulfide) groups is 1. The summed E-state index contributed by atoms with van der Waals surface area (Å²) >= 11 is 14.8. The Labute approximate surface area is 173 Å². The highest BCUT2D eigenvalue weighted by molar-refractivity contribution is 7.99. The predicted octanol–water partition coefficient (Wildman–Crippen LogP) is 4.35. The molecule has 0 saturated carbocycles. The fourth-order valence-corrected chi connectivity index (χ4v) is 4.66. The standard InChI is InChI=1S/C17H16Cl2N4O2S2/c1-7-9(3)27-15-12(7)16(25)23(4)17(22-15)26-6-11(24)21-14-13(19)8(2)10(18)5-20-14/h5H,6H2,1-4H3,(H,20,21,24). The number of pyridine rings is 1. The minimum absolute atomic E-state index is 0.0643. The number of anilines is 1. The minimum atomic E-state index is -0.302. The third-order valence-electron chi connectivity index (χ3n) is 4.16. The summed E-state index contributed by atoms with van der Waals surface area (Å²) in [6.45, 7) is 5.63. The van der Waals surface area contributed by atoms with Gasteiger partial charge in [0, 0.05) is 18.1 Å². The molecule has 6 nitrogen and oxygen atoms in total. The normalized spacial score (nSPS) is 11.2. The second-order valence-corrected chi connectivity index (χ2v) is 8.88. The number of aryl methyl sites for hydroxylation is 2. The summed E-state index contributed by atoms with van der Waals surface area (Å²) < 4.78 is 1.47. The predicted molar refractivity (Wildman–Crippen MR) is 113 cm³/mol. The molecule has 0 aliphatic carbocycles. The van der Waals surface area contributed by atoms with Gasteiger partial charge in [-0.05, 0) is 31.9 Å². The number of carbonyl (C=O) groups excluding carboxylic acids is 1. The zero-order valence-corrected chi connectivity index (χ0v) is 18.2. The van der Waals surface area contributed by atoms with Gasteiger partial charge < -0.3 is 5.32 Å². The first-order valence-corrected chi connectivity index (χ1v) is 10.5. The molecule has 10 heteroatoms. The molecular formula is C17H16Cl2N4O2S2. The van der Waals surface area contributed by atoms with E-state index in [0.29, 0.717) is 31.0 Å². The van der Waals surface area contributed by atoms with Crippen LogP contribution < -0.4 is 10.9 Å². The summed E-state index contributed by atoms with van der Waals surface area (Å²) in [5.41, 5.74) is 1.49. The molecule has 1 amide bonds. The number of nitrogens with one attached hydrogen (secondary N) is 1. The lowest BCUT2D eigenvalue weighted by Crippen LogP contribution is -2.21. The zero-order valence-electron chi connectivity index (χ0n) is 15.0. The molecular weight excluding hydrogens is 427 g/mol. The SMILES string of the molecule is Cc1sc2nc(SCC(=O)Nc3ncc(Cl)c(C)c3Cl)n(C)c(=O)c2c1C. The summed E-state index contributed by atoms with van der Waals surface area (Å²) in [7, 11) is 1.66. The number of fused-ring (bicyclic) bond motifs is 1. The first-order chi connectivity index (χ1) is 12.7. The molecule has 27 heavy (non-hydrogen) atoms. The molecule has 0 aliphatic rings. The van der Waals surface area contributed by atoms with Crippen molar-refractivity contribution in [1.82, 2.24) is 14.5 Å². The van der Waals surface area contributed by atoms with Crippen LogP contribution >= 0.6 is 46.3 Å². The summed E-state index contributed by atoms with van der Waals surface area (Å²) in [5, 5.41) is 4.52. The molecule has 0 fully saturated rings. The summed E-state index contributed by atoms with van der Waals surface area (Å²) in [6.07, 6.45) is 1.44. The van der Waals surface area contributed by atoms with E-state index in [0.717, 1.165) is 10.4 Å². The van der Waals surface area contributed by atoms with Crippen LogP contribution in [0.3, 0.4) is 0 Å². The van der Waals surface area contributed by atoms with Crippen molar-refractivity contribution in [1.29, 1.82) is 0 Å². The molecule has 3 aromatic heterocycles. The smallest absolute Gasteiger partial charge is 0.262 e. The van der Waals surface area contributed by atoms with Gasteiger partial charge in [-0.2, -0.15) is 0 Å². The molecule has 3 aromatic rings. The van der Waals surface area contributed by atoms with E-state index in [1.807, 2.05) is 13.8 Å². The van der Waals surface area contributed by atoms with Gasteiger partial charge in [0.1, 0.15) is 4.83 Å². The van der Waals surface area contributed by atoms with Crippen molar-refractivity contribution in [3.8, 4) is 0 Å². The van der Waals surface area contributed by atoms with Crippen molar-refractivity contribution < 1.29 is 4.79 Å². The van der Waals surface area contributed by atoms with E-state index in [2.05, 4.69) is 15.3 Å². The van der Waals surface area contributed by atoms with Gasteiger partial charge in [-0.1, -0.05) is 35.0 Å². The van der Waals surface area contributed by atoms with Crippen molar-refractivity contribution in [2.45, 2.75) is 25.9 Å². The monoisotopic (exact) mass is 442 g/mol. The number of amides is 1. The molecule has 0 aliphatic heterocycles. The van der Waals surface area contributed by atoms with E-state index in [9.17, 15) is 9.59 Å². The van der Waals surface area contributed by atoms with E-state index < -0.39 is 0 Å². The number of nitrogens with zero attached hydrogens (tertiary/aromatic N) is 3. The third-order valence-corrected chi connectivity index (χ3v) is 7.14. The van der Waals surface area contributed by atoms with Gasteiger partial charge in [0.05, 0.1) is 21.2 Å². The Hall–Kier alpha value is -1.61. The molecule has 0 saturated heterocycles. The van der Waals surface area contributed by atoms with Gasteiger partial charge in [-0.3, -0.25) is 14.2 Å². The van der Waals surface area contributed by atoms with E-state index in [4.69, 9.17) is 23.2 Å². The van der Waals surface area contributed by atoms with Crippen molar-refractivity contribution in [3.05, 3.63) is 42.6 Å². The summed E-state index contributed by atoms with van der Waals surface area (Å²) in [4.78, 5) is 35.2. The topological polar surface area (TPSA) is 76.9 Å². The molecule has 0 aromatic carbocycles. The number of aromatic nitrogens is 3. The first kappa shape index (κ1) is 20.1. The van der Waals surface area contributed by atoms with E-state index >= 15 is 0 Å². The number of rotatable bonds is 4. The van der Waals surface area contributed by atoms with Gasteiger partial charge in [-0.25, -0.2) is 9.97 Å². The average Bonchev–Trinajstić information content (AvgIpc) is 2.91. The highest BCUT2D eigenvalue weighted by Crippen LogP contribution is 2.30. The Kier molecular flexibility index (Phi) is 5.81. The molecule has 0 bridgehead atoms. The van der Waals surface area contributed by atoms with Gasteiger partial charge in [-0.15, -0.1) is 11.3 Å². The van der Waals surface area contributed by atoms with Crippen molar-refractivity contribution >= 4 is 68.2 Å². The molecule has 0 unspecified atom stereocenters. The van der Waals surface area contributed by atoms with Crippen LogP contribution in [0.2, 0.25) is 10.0 Å². The highest BCUT2D eigenvalue weighted by atomic mass is 35.5. The van der Waals surface area contributed by atoms with Gasteiger partial charge in [0.25, 0.3) is 5.56 Å². The summed E-state index contributed by atoms with van der Waals surface area (Å²) in [6, 6.07) is 0. The molecule has 142 valence electrons. The number of hydrogen-bond donors (Lipinski definition) is 1. The zero-order chi connectivity index (χ0) is 19.9. The molecule has 1 N–H and O–H groups in total.